The normalized spacial score (nSPS) is 16.1. The number of hydrogen-bond acceptors (Lipinski definition) is 5. The number of aromatic nitrogens is 1. The number of rotatable bonds is 5. The lowest BCUT2D eigenvalue weighted by Gasteiger charge is -2.30. The Morgan fingerprint density at radius 3 is 2.70 bits per heavy atom. The first kappa shape index (κ1) is 21.5. The van der Waals surface area contributed by atoms with Crippen LogP contribution in [0.25, 0.3) is 0 Å². The van der Waals surface area contributed by atoms with Crippen molar-refractivity contribution in [1.29, 1.82) is 0 Å². The third-order valence-corrected chi connectivity index (χ3v) is 4.76. The van der Waals surface area contributed by atoms with E-state index < -0.39 is 11.7 Å². The van der Waals surface area contributed by atoms with E-state index in [0.29, 0.717) is 25.1 Å². The number of Topliss-reactive ketones (excluding diaryl/α,β-unsaturated/α-hetero) is 2. The fourth-order valence-electron chi connectivity index (χ4n) is 3.32. The van der Waals surface area contributed by atoms with Gasteiger partial charge in [-0.2, -0.15) is 13.2 Å². The summed E-state index contributed by atoms with van der Waals surface area (Å²) >= 11 is 0. The molecule has 0 amide bonds. The van der Waals surface area contributed by atoms with Crippen molar-refractivity contribution in [1.82, 2.24) is 9.88 Å². The molecule has 0 aliphatic carbocycles. The van der Waals surface area contributed by atoms with Gasteiger partial charge in [-0.25, -0.2) is 0 Å². The van der Waals surface area contributed by atoms with Crippen molar-refractivity contribution in [2.45, 2.75) is 19.0 Å². The highest BCUT2D eigenvalue weighted by atomic mass is 19.4. The maximum atomic E-state index is 12.9. The smallest absolute Gasteiger partial charge is 0.383 e. The van der Waals surface area contributed by atoms with Crippen LogP contribution in [0, 0.1) is 0 Å². The molecule has 5 nitrogen and oxygen atoms in total. The van der Waals surface area contributed by atoms with Crippen LogP contribution in [0.1, 0.15) is 28.0 Å². The fraction of sp³-hybridized carbons (Fsp3) is 0.318. The zero-order chi connectivity index (χ0) is 21.9. The van der Waals surface area contributed by atoms with Gasteiger partial charge in [0.15, 0.2) is 11.6 Å². The zero-order valence-electron chi connectivity index (χ0n) is 16.7. The molecule has 0 bridgehead atoms. The van der Waals surface area contributed by atoms with E-state index in [1.165, 1.54) is 18.3 Å². The molecule has 0 N–H and O–H groups in total. The molecular weight excluding hydrogens is 395 g/mol. The van der Waals surface area contributed by atoms with E-state index in [1.54, 1.807) is 18.3 Å². The van der Waals surface area contributed by atoms with Crippen LogP contribution in [-0.2, 0) is 17.4 Å². The summed E-state index contributed by atoms with van der Waals surface area (Å²) < 4.78 is 38.7. The van der Waals surface area contributed by atoms with Crippen LogP contribution in [0.15, 0.2) is 54.4 Å². The largest absolute Gasteiger partial charge is 0.416 e. The first-order valence-corrected chi connectivity index (χ1v) is 9.44. The number of alkyl halides is 3. The Morgan fingerprint density at radius 1 is 1.23 bits per heavy atom. The first-order valence-electron chi connectivity index (χ1n) is 9.44. The van der Waals surface area contributed by atoms with E-state index in [9.17, 15) is 22.8 Å². The number of piperidine rings is 1. The lowest BCUT2D eigenvalue weighted by Crippen LogP contribution is -2.36. The molecule has 0 saturated carbocycles. The molecule has 30 heavy (non-hydrogen) atoms. The predicted octanol–water partition coefficient (Wildman–Crippen LogP) is 3.75. The number of hydrogen-bond donors (Lipinski definition) is 0. The van der Waals surface area contributed by atoms with Gasteiger partial charge in [0.1, 0.15) is 5.69 Å². The van der Waals surface area contributed by atoms with E-state index in [1.807, 2.05) is 23.9 Å². The molecule has 1 fully saturated rings. The molecule has 3 rings (SSSR count). The number of halogens is 3. The Hall–Kier alpha value is -3.16. The van der Waals surface area contributed by atoms with E-state index in [0.717, 1.165) is 17.8 Å². The Labute approximate surface area is 172 Å². The molecule has 1 saturated heterocycles. The van der Waals surface area contributed by atoms with Gasteiger partial charge in [0, 0.05) is 63.7 Å². The number of carbonyl (C=O) groups is 2. The molecule has 1 aliphatic heterocycles. The van der Waals surface area contributed by atoms with Gasteiger partial charge >= 0.3 is 6.18 Å². The maximum absolute atomic E-state index is 12.9. The summed E-state index contributed by atoms with van der Waals surface area (Å²) in [7, 11) is 3.69. The highest BCUT2D eigenvalue weighted by molar-refractivity contribution is 5.98. The number of carbonyl (C=O) groups excluding carboxylic acids is 2. The van der Waals surface area contributed by atoms with Gasteiger partial charge in [-0.1, -0.05) is 18.2 Å². The number of ketones is 2. The number of benzene rings is 1. The highest BCUT2D eigenvalue weighted by Gasteiger charge is 2.30. The number of nitrogens with zero attached hydrogens (tertiary/aromatic N) is 3. The van der Waals surface area contributed by atoms with E-state index in [2.05, 4.69) is 4.98 Å². The molecule has 1 aromatic carbocycles. The van der Waals surface area contributed by atoms with Crippen molar-refractivity contribution in [2.24, 2.45) is 0 Å². The molecule has 0 unspecified atom stereocenters. The summed E-state index contributed by atoms with van der Waals surface area (Å²) in [4.78, 5) is 32.6. The summed E-state index contributed by atoms with van der Waals surface area (Å²) in [6.07, 6.45) is -0.975. The van der Waals surface area contributed by atoms with Crippen molar-refractivity contribution < 1.29 is 22.8 Å². The first-order chi connectivity index (χ1) is 14.1. The lowest BCUT2D eigenvalue weighted by molar-refractivity contribution is -0.137. The Balaban J connectivity index is 1.77. The SMILES string of the molecule is CN(C)/C=C1\CN(c2ccnc(C(=O)Cc3cccc(C(F)(F)F)c3)c2)CCC1=O. The minimum absolute atomic E-state index is 0.0925. The molecule has 158 valence electrons. The fourth-order valence-corrected chi connectivity index (χ4v) is 3.32. The van der Waals surface area contributed by atoms with E-state index >= 15 is 0 Å². The van der Waals surface area contributed by atoms with E-state index in [4.69, 9.17) is 0 Å². The molecule has 0 atom stereocenters. The third-order valence-electron chi connectivity index (χ3n) is 4.76. The van der Waals surface area contributed by atoms with Crippen molar-refractivity contribution in [3.63, 3.8) is 0 Å². The van der Waals surface area contributed by atoms with Crippen LogP contribution in [0.5, 0.6) is 0 Å². The molecule has 0 spiro atoms. The quantitative estimate of drug-likeness (QED) is 0.548. The van der Waals surface area contributed by atoms with Gasteiger partial charge in [-0.15, -0.1) is 0 Å². The molecule has 0 radical (unpaired) electrons. The second kappa shape index (κ2) is 8.69. The van der Waals surface area contributed by atoms with Gasteiger partial charge < -0.3 is 9.80 Å². The Bertz CT molecular complexity index is 984. The van der Waals surface area contributed by atoms with Gasteiger partial charge in [0.25, 0.3) is 0 Å². The van der Waals surface area contributed by atoms with Crippen LogP contribution in [0.4, 0.5) is 18.9 Å². The number of pyridine rings is 1. The van der Waals surface area contributed by atoms with Crippen molar-refractivity contribution >= 4 is 17.3 Å². The van der Waals surface area contributed by atoms with E-state index in [-0.39, 0.29) is 29.2 Å². The topological polar surface area (TPSA) is 53.5 Å². The second-order valence-corrected chi connectivity index (χ2v) is 7.41. The summed E-state index contributed by atoms with van der Waals surface area (Å²) in [6, 6.07) is 8.12. The average molecular weight is 417 g/mol. The van der Waals surface area contributed by atoms with Crippen LogP contribution >= 0.6 is 0 Å². The minimum atomic E-state index is -4.46. The lowest BCUT2D eigenvalue weighted by atomic mass is 10.0. The van der Waals surface area contributed by atoms with Gasteiger partial charge in [0.2, 0.25) is 0 Å². The molecule has 1 aromatic heterocycles. The molecule has 2 aromatic rings. The molecule has 1 aliphatic rings. The minimum Gasteiger partial charge on any atom is -0.383 e. The Morgan fingerprint density at radius 2 is 2.00 bits per heavy atom. The summed E-state index contributed by atoms with van der Waals surface area (Å²) in [6.45, 7) is 0.942. The van der Waals surface area contributed by atoms with Gasteiger partial charge in [0.05, 0.1) is 5.56 Å². The maximum Gasteiger partial charge on any atom is 0.416 e. The monoisotopic (exact) mass is 417 g/mol. The summed E-state index contributed by atoms with van der Waals surface area (Å²) in [5.41, 5.74) is 1.10. The van der Waals surface area contributed by atoms with Gasteiger partial charge in [-0.3, -0.25) is 14.6 Å². The molecule has 2 heterocycles. The third kappa shape index (κ3) is 5.25. The Kier molecular flexibility index (Phi) is 6.24. The molecule has 8 heteroatoms. The van der Waals surface area contributed by atoms with Gasteiger partial charge in [-0.05, 0) is 23.8 Å². The van der Waals surface area contributed by atoms with Crippen molar-refractivity contribution in [3.8, 4) is 0 Å². The molecular formula is C22H22F3N3O2. The van der Waals surface area contributed by atoms with Crippen LogP contribution < -0.4 is 4.90 Å². The average Bonchev–Trinajstić information content (AvgIpc) is 2.69. The van der Waals surface area contributed by atoms with Crippen molar-refractivity contribution in [2.75, 3.05) is 32.1 Å². The van der Waals surface area contributed by atoms with Crippen LogP contribution in [-0.4, -0.2) is 48.6 Å². The highest BCUT2D eigenvalue weighted by Crippen LogP contribution is 2.30. The second-order valence-electron chi connectivity index (χ2n) is 7.41. The van der Waals surface area contributed by atoms with Crippen LogP contribution in [0.3, 0.4) is 0 Å². The zero-order valence-corrected chi connectivity index (χ0v) is 16.7. The van der Waals surface area contributed by atoms with Crippen molar-refractivity contribution in [3.05, 3.63) is 71.2 Å². The standard InChI is InChI=1S/C22H22F3N3O2/c1-27(2)13-16-14-28(9-7-20(16)29)18-6-8-26-19(12-18)21(30)11-15-4-3-5-17(10-15)22(23,24)25/h3-6,8,10,12-13H,7,9,11,14H2,1-2H3/b16-13+. The number of anilines is 1. The summed E-state index contributed by atoms with van der Waals surface area (Å²) in [5, 5.41) is 0. The predicted molar refractivity (Wildman–Crippen MR) is 107 cm³/mol. The van der Waals surface area contributed by atoms with Crippen LogP contribution in [0.2, 0.25) is 0 Å². The summed E-state index contributed by atoms with van der Waals surface area (Å²) in [5.74, 6) is -0.275.